The van der Waals surface area contributed by atoms with Gasteiger partial charge in [-0.2, -0.15) is 0 Å². The average molecular weight is 299 g/mol. The van der Waals surface area contributed by atoms with Crippen LogP contribution in [0.15, 0.2) is 0 Å². The van der Waals surface area contributed by atoms with E-state index in [0.29, 0.717) is 6.54 Å². The Hall–Kier alpha value is -0.810. The number of carbonyl (C=O) groups excluding carboxylic acids is 1. The van der Waals surface area contributed by atoms with Gasteiger partial charge in [-0.15, -0.1) is 0 Å². The molecule has 5 heteroatoms. The topological polar surface area (TPSA) is 53.6 Å². The third-order valence-corrected chi connectivity index (χ3v) is 3.54. The van der Waals surface area contributed by atoms with E-state index in [1.54, 1.807) is 0 Å². The van der Waals surface area contributed by atoms with Gasteiger partial charge in [0.15, 0.2) is 0 Å². The van der Waals surface area contributed by atoms with Crippen LogP contribution in [0.3, 0.4) is 0 Å². The second-order valence-corrected chi connectivity index (χ2v) is 6.99. The van der Waals surface area contributed by atoms with Gasteiger partial charge in [-0.3, -0.25) is 0 Å². The van der Waals surface area contributed by atoms with Crippen molar-refractivity contribution >= 4 is 6.09 Å². The van der Waals surface area contributed by atoms with Gasteiger partial charge in [0.05, 0.1) is 0 Å². The molecule has 0 aromatic heterocycles. The lowest BCUT2D eigenvalue weighted by Gasteiger charge is -2.26. The molecule has 0 bridgehead atoms. The summed E-state index contributed by atoms with van der Waals surface area (Å²) in [5.74, 6) is 0. The molecular weight excluding hydrogens is 266 g/mol. The van der Waals surface area contributed by atoms with E-state index in [2.05, 4.69) is 22.5 Å². The van der Waals surface area contributed by atoms with E-state index in [4.69, 9.17) is 4.74 Å². The summed E-state index contributed by atoms with van der Waals surface area (Å²) in [5, 5.41) is 6.24. The van der Waals surface area contributed by atoms with Crippen LogP contribution in [0.5, 0.6) is 0 Å². The zero-order valence-corrected chi connectivity index (χ0v) is 14.2. The van der Waals surface area contributed by atoms with Crippen molar-refractivity contribution in [1.82, 2.24) is 15.5 Å². The zero-order valence-electron chi connectivity index (χ0n) is 14.2. The van der Waals surface area contributed by atoms with Crippen molar-refractivity contribution in [3.63, 3.8) is 0 Å². The fourth-order valence-corrected chi connectivity index (χ4v) is 2.46. The fourth-order valence-electron chi connectivity index (χ4n) is 2.46. The predicted molar refractivity (Wildman–Crippen MR) is 86.6 cm³/mol. The minimum Gasteiger partial charge on any atom is -0.444 e. The Bertz CT molecular complexity index is 296. The van der Waals surface area contributed by atoms with Gasteiger partial charge in [0, 0.05) is 12.6 Å². The molecule has 1 saturated heterocycles. The van der Waals surface area contributed by atoms with Gasteiger partial charge in [-0.05, 0) is 73.1 Å². The Kier molecular flexibility index (Phi) is 8.04. The second kappa shape index (κ2) is 9.26. The number of ether oxygens (including phenoxy) is 1. The number of piperidine rings is 1. The van der Waals surface area contributed by atoms with Crippen LogP contribution < -0.4 is 10.6 Å². The number of rotatable bonds is 7. The average Bonchev–Trinajstić information content (AvgIpc) is 2.41. The highest BCUT2D eigenvalue weighted by molar-refractivity contribution is 5.67. The number of nitrogens with zero attached hydrogens (tertiary/aromatic N) is 1. The molecule has 0 radical (unpaired) electrons. The van der Waals surface area contributed by atoms with Crippen molar-refractivity contribution in [2.45, 2.75) is 65.0 Å². The first kappa shape index (κ1) is 18.2. The Balaban J connectivity index is 2.00. The molecule has 1 amide bonds. The van der Waals surface area contributed by atoms with Crippen LogP contribution in [-0.4, -0.2) is 55.4 Å². The van der Waals surface area contributed by atoms with Gasteiger partial charge in [-0.1, -0.05) is 6.42 Å². The SMILES string of the molecule is CC(CNC(=O)OC(C)(C)C)NCCCN1CCCCC1. The second-order valence-electron chi connectivity index (χ2n) is 6.99. The molecule has 1 rings (SSSR count). The number of hydrogen-bond donors (Lipinski definition) is 2. The molecule has 1 fully saturated rings. The van der Waals surface area contributed by atoms with Crippen molar-refractivity contribution in [3.8, 4) is 0 Å². The summed E-state index contributed by atoms with van der Waals surface area (Å²) in [6, 6.07) is 0.263. The lowest BCUT2D eigenvalue weighted by Crippen LogP contribution is -2.42. The lowest BCUT2D eigenvalue weighted by atomic mass is 10.1. The van der Waals surface area contributed by atoms with E-state index in [9.17, 15) is 4.79 Å². The molecule has 0 spiro atoms. The normalized spacial score (nSPS) is 18.3. The minimum atomic E-state index is -0.435. The summed E-state index contributed by atoms with van der Waals surface area (Å²) in [6.07, 6.45) is 4.91. The quantitative estimate of drug-likeness (QED) is 0.709. The third kappa shape index (κ3) is 9.69. The van der Waals surface area contributed by atoms with E-state index < -0.39 is 5.60 Å². The first-order valence-corrected chi connectivity index (χ1v) is 8.29. The molecule has 1 unspecified atom stereocenters. The largest absolute Gasteiger partial charge is 0.444 e. The monoisotopic (exact) mass is 299 g/mol. The summed E-state index contributed by atoms with van der Waals surface area (Å²) < 4.78 is 5.21. The molecule has 2 N–H and O–H groups in total. The van der Waals surface area contributed by atoms with Crippen LogP contribution >= 0.6 is 0 Å². The van der Waals surface area contributed by atoms with E-state index in [1.165, 1.54) is 38.9 Å². The number of hydrogen-bond acceptors (Lipinski definition) is 4. The number of carbonyl (C=O) groups is 1. The zero-order chi connectivity index (χ0) is 15.7. The number of amides is 1. The summed E-state index contributed by atoms with van der Waals surface area (Å²) in [7, 11) is 0. The van der Waals surface area contributed by atoms with Crippen LogP contribution in [0.1, 0.15) is 53.4 Å². The third-order valence-electron chi connectivity index (χ3n) is 3.54. The minimum absolute atomic E-state index is 0.263. The number of likely N-dealkylation sites (tertiary alicyclic amines) is 1. The Morgan fingerprint density at radius 3 is 2.52 bits per heavy atom. The maximum atomic E-state index is 11.5. The van der Waals surface area contributed by atoms with Gasteiger partial charge < -0.3 is 20.3 Å². The predicted octanol–water partition coefficient (Wildman–Crippen LogP) is 2.37. The van der Waals surface area contributed by atoms with Crippen molar-refractivity contribution in [3.05, 3.63) is 0 Å². The molecule has 1 aliphatic heterocycles. The molecule has 0 aromatic rings. The van der Waals surface area contributed by atoms with Crippen LogP contribution in [0.4, 0.5) is 4.79 Å². The summed E-state index contributed by atoms with van der Waals surface area (Å²) in [4.78, 5) is 14.1. The summed E-state index contributed by atoms with van der Waals surface area (Å²) in [5.41, 5.74) is -0.435. The lowest BCUT2D eigenvalue weighted by molar-refractivity contribution is 0.0523. The van der Waals surface area contributed by atoms with E-state index in [-0.39, 0.29) is 12.1 Å². The summed E-state index contributed by atoms with van der Waals surface area (Å²) >= 11 is 0. The molecule has 1 heterocycles. The molecule has 0 aromatic carbocycles. The van der Waals surface area contributed by atoms with E-state index in [0.717, 1.165) is 13.0 Å². The highest BCUT2D eigenvalue weighted by atomic mass is 16.6. The maximum absolute atomic E-state index is 11.5. The molecule has 21 heavy (non-hydrogen) atoms. The van der Waals surface area contributed by atoms with Crippen LogP contribution in [0.25, 0.3) is 0 Å². The molecular formula is C16H33N3O2. The van der Waals surface area contributed by atoms with Crippen molar-refractivity contribution in [2.75, 3.05) is 32.7 Å². The molecule has 124 valence electrons. The molecule has 0 aliphatic carbocycles. The van der Waals surface area contributed by atoms with E-state index in [1.807, 2.05) is 20.8 Å². The van der Waals surface area contributed by atoms with E-state index >= 15 is 0 Å². The first-order chi connectivity index (χ1) is 9.87. The number of nitrogens with one attached hydrogen (secondary N) is 2. The Morgan fingerprint density at radius 1 is 1.24 bits per heavy atom. The van der Waals surface area contributed by atoms with Gasteiger partial charge in [-0.25, -0.2) is 4.79 Å². The fraction of sp³-hybridized carbons (Fsp3) is 0.938. The van der Waals surface area contributed by atoms with Gasteiger partial charge in [0.2, 0.25) is 0 Å². The van der Waals surface area contributed by atoms with Gasteiger partial charge in [0.1, 0.15) is 5.60 Å². The number of alkyl carbamates (subject to hydrolysis) is 1. The van der Waals surface area contributed by atoms with Crippen LogP contribution in [-0.2, 0) is 4.74 Å². The van der Waals surface area contributed by atoms with Crippen LogP contribution in [0, 0.1) is 0 Å². The highest BCUT2D eigenvalue weighted by Crippen LogP contribution is 2.08. The smallest absolute Gasteiger partial charge is 0.407 e. The maximum Gasteiger partial charge on any atom is 0.407 e. The van der Waals surface area contributed by atoms with Crippen molar-refractivity contribution < 1.29 is 9.53 Å². The molecule has 1 atom stereocenters. The molecule has 1 aliphatic rings. The van der Waals surface area contributed by atoms with Gasteiger partial charge >= 0.3 is 6.09 Å². The Morgan fingerprint density at radius 2 is 1.90 bits per heavy atom. The van der Waals surface area contributed by atoms with Crippen LogP contribution in [0.2, 0.25) is 0 Å². The molecule has 0 saturated carbocycles. The standard InChI is InChI=1S/C16H33N3O2/c1-14(13-18-15(20)21-16(2,3)4)17-9-8-12-19-10-6-5-7-11-19/h14,17H,5-13H2,1-4H3,(H,18,20). The first-order valence-electron chi connectivity index (χ1n) is 8.29. The van der Waals surface area contributed by atoms with Gasteiger partial charge in [0.25, 0.3) is 0 Å². The van der Waals surface area contributed by atoms with Crippen molar-refractivity contribution in [2.24, 2.45) is 0 Å². The molecule has 5 nitrogen and oxygen atoms in total. The van der Waals surface area contributed by atoms with Crippen molar-refractivity contribution in [1.29, 1.82) is 0 Å². The summed E-state index contributed by atoms with van der Waals surface area (Å²) in [6.45, 7) is 13.0. The highest BCUT2D eigenvalue weighted by Gasteiger charge is 2.16. The Labute approximate surface area is 129 Å².